The van der Waals surface area contributed by atoms with E-state index in [0.29, 0.717) is 6.04 Å². The minimum absolute atomic E-state index is 0. The van der Waals surface area contributed by atoms with Gasteiger partial charge in [-0.2, -0.15) is 11.8 Å². The van der Waals surface area contributed by atoms with Crippen molar-refractivity contribution in [2.24, 2.45) is 4.99 Å². The minimum Gasteiger partial charge on any atom is -0.496 e. The summed E-state index contributed by atoms with van der Waals surface area (Å²) in [5.41, 5.74) is 2.45. The molecular weight excluding hydrogens is 433 g/mol. The molecule has 136 valence electrons. The Labute approximate surface area is 167 Å². The van der Waals surface area contributed by atoms with Gasteiger partial charge < -0.3 is 15.4 Å². The molecule has 0 aliphatic heterocycles. The van der Waals surface area contributed by atoms with Gasteiger partial charge in [0, 0.05) is 24.9 Å². The fourth-order valence-corrected chi connectivity index (χ4v) is 3.81. The standard InChI is InChI=1S/C18H29N3OS.HI/c1-13-5-6-14(11-17(13)22-3)9-10-20-18(19-2)21-15-7-8-16(12-15)23-4;/h5-6,11,15-16H,7-10,12H2,1-4H3,(H2,19,20,21);1H. The fourth-order valence-electron chi connectivity index (χ4n) is 3.02. The van der Waals surface area contributed by atoms with Crippen molar-refractivity contribution in [3.8, 4) is 5.75 Å². The van der Waals surface area contributed by atoms with Gasteiger partial charge in [0.1, 0.15) is 5.75 Å². The lowest BCUT2D eigenvalue weighted by Gasteiger charge is -2.17. The van der Waals surface area contributed by atoms with E-state index in [1.807, 2.05) is 18.8 Å². The number of aryl methyl sites for hydroxylation is 1. The summed E-state index contributed by atoms with van der Waals surface area (Å²) in [4.78, 5) is 4.34. The maximum atomic E-state index is 5.39. The van der Waals surface area contributed by atoms with Gasteiger partial charge in [-0.3, -0.25) is 4.99 Å². The molecule has 2 rings (SSSR count). The molecule has 2 N–H and O–H groups in total. The first-order valence-corrected chi connectivity index (χ1v) is 9.58. The van der Waals surface area contributed by atoms with Gasteiger partial charge >= 0.3 is 0 Å². The van der Waals surface area contributed by atoms with Crippen LogP contribution in [-0.2, 0) is 6.42 Å². The lowest BCUT2D eigenvalue weighted by molar-refractivity contribution is 0.411. The Balaban J connectivity index is 0.00000288. The molecular formula is C18H30IN3OS. The lowest BCUT2D eigenvalue weighted by atomic mass is 10.1. The minimum atomic E-state index is 0. The van der Waals surface area contributed by atoms with E-state index in [1.54, 1.807) is 7.11 Å². The monoisotopic (exact) mass is 463 g/mol. The highest BCUT2D eigenvalue weighted by Gasteiger charge is 2.24. The molecule has 0 heterocycles. The zero-order valence-corrected chi connectivity index (χ0v) is 18.2. The topological polar surface area (TPSA) is 45.7 Å². The predicted molar refractivity (Wildman–Crippen MR) is 116 cm³/mol. The second-order valence-corrected chi connectivity index (χ2v) is 7.20. The summed E-state index contributed by atoms with van der Waals surface area (Å²) in [6, 6.07) is 6.95. The molecule has 1 fully saturated rings. The molecule has 2 atom stereocenters. The number of benzene rings is 1. The van der Waals surface area contributed by atoms with Gasteiger partial charge in [-0.15, -0.1) is 24.0 Å². The molecule has 0 aromatic heterocycles. The third-order valence-electron chi connectivity index (χ3n) is 4.46. The average molecular weight is 463 g/mol. The van der Waals surface area contributed by atoms with Crippen molar-refractivity contribution < 1.29 is 4.74 Å². The van der Waals surface area contributed by atoms with E-state index in [4.69, 9.17) is 4.74 Å². The highest BCUT2D eigenvalue weighted by atomic mass is 127. The summed E-state index contributed by atoms with van der Waals surface area (Å²) in [5.74, 6) is 1.87. The molecule has 0 saturated heterocycles. The Morgan fingerprint density at radius 2 is 2.17 bits per heavy atom. The van der Waals surface area contributed by atoms with Crippen LogP contribution in [0.1, 0.15) is 30.4 Å². The van der Waals surface area contributed by atoms with E-state index in [2.05, 4.69) is 47.0 Å². The van der Waals surface area contributed by atoms with Gasteiger partial charge in [0.15, 0.2) is 5.96 Å². The van der Waals surface area contributed by atoms with E-state index in [-0.39, 0.29) is 24.0 Å². The molecule has 0 bridgehead atoms. The molecule has 2 unspecified atom stereocenters. The Bertz CT molecular complexity index is 539. The first kappa shape index (κ1) is 21.4. The van der Waals surface area contributed by atoms with Crippen molar-refractivity contribution in [3.05, 3.63) is 29.3 Å². The molecule has 1 aromatic carbocycles. The zero-order valence-electron chi connectivity index (χ0n) is 15.1. The first-order chi connectivity index (χ1) is 11.2. The summed E-state index contributed by atoms with van der Waals surface area (Å²) in [5, 5.41) is 7.77. The zero-order chi connectivity index (χ0) is 16.7. The second kappa shape index (κ2) is 11.1. The molecule has 1 aliphatic rings. The van der Waals surface area contributed by atoms with Crippen molar-refractivity contribution in [2.45, 2.75) is 43.9 Å². The van der Waals surface area contributed by atoms with E-state index in [0.717, 1.165) is 29.9 Å². The largest absolute Gasteiger partial charge is 0.496 e. The molecule has 1 aromatic rings. The van der Waals surface area contributed by atoms with Crippen LogP contribution in [0.15, 0.2) is 23.2 Å². The molecule has 0 radical (unpaired) electrons. The average Bonchev–Trinajstić information content (AvgIpc) is 3.03. The number of halogens is 1. The van der Waals surface area contributed by atoms with Crippen LogP contribution in [-0.4, -0.2) is 44.2 Å². The molecule has 24 heavy (non-hydrogen) atoms. The van der Waals surface area contributed by atoms with Gasteiger partial charge in [0.05, 0.1) is 7.11 Å². The van der Waals surface area contributed by atoms with Gasteiger partial charge in [-0.25, -0.2) is 0 Å². The lowest BCUT2D eigenvalue weighted by Crippen LogP contribution is -2.43. The number of rotatable bonds is 6. The third-order valence-corrected chi connectivity index (χ3v) is 5.56. The summed E-state index contributed by atoms with van der Waals surface area (Å²) >= 11 is 1.98. The van der Waals surface area contributed by atoms with Crippen LogP contribution in [0.5, 0.6) is 5.75 Å². The molecule has 1 aliphatic carbocycles. The summed E-state index contributed by atoms with van der Waals surface area (Å²) in [7, 11) is 3.56. The molecule has 0 spiro atoms. The normalized spacial score (nSPS) is 20.4. The summed E-state index contributed by atoms with van der Waals surface area (Å²) < 4.78 is 5.39. The number of hydrogen-bond acceptors (Lipinski definition) is 3. The van der Waals surface area contributed by atoms with Crippen LogP contribution in [0.4, 0.5) is 0 Å². The Kier molecular flexibility index (Phi) is 9.88. The van der Waals surface area contributed by atoms with Crippen LogP contribution < -0.4 is 15.4 Å². The number of thioether (sulfide) groups is 1. The number of nitrogens with zero attached hydrogens (tertiary/aromatic N) is 1. The highest BCUT2D eigenvalue weighted by Crippen LogP contribution is 2.28. The number of nitrogens with one attached hydrogen (secondary N) is 2. The SMILES string of the molecule is CN=C(NCCc1ccc(C)c(OC)c1)NC1CCC(SC)C1.I. The number of methoxy groups -OCH3 is 1. The van der Waals surface area contributed by atoms with Crippen LogP contribution in [0.2, 0.25) is 0 Å². The Morgan fingerprint density at radius 3 is 2.79 bits per heavy atom. The quantitative estimate of drug-likeness (QED) is 0.385. The summed E-state index contributed by atoms with van der Waals surface area (Å²) in [6.07, 6.45) is 6.93. The van der Waals surface area contributed by atoms with Crippen LogP contribution in [0, 0.1) is 6.92 Å². The molecule has 1 saturated carbocycles. The van der Waals surface area contributed by atoms with Crippen molar-refractivity contribution in [2.75, 3.05) is 27.0 Å². The van der Waals surface area contributed by atoms with Crippen molar-refractivity contribution in [1.82, 2.24) is 10.6 Å². The van der Waals surface area contributed by atoms with Crippen molar-refractivity contribution in [1.29, 1.82) is 0 Å². The van der Waals surface area contributed by atoms with Gasteiger partial charge in [-0.05, 0) is 56.1 Å². The van der Waals surface area contributed by atoms with Crippen LogP contribution >= 0.6 is 35.7 Å². The van der Waals surface area contributed by atoms with Gasteiger partial charge in [0.25, 0.3) is 0 Å². The Morgan fingerprint density at radius 1 is 1.38 bits per heavy atom. The van der Waals surface area contributed by atoms with E-state index < -0.39 is 0 Å². The van der Waals surface area contributed by atoms with Crippen LogP contribution in [0.25, 0.3) is 0 Å². The second-order valence-electron chi connectivity index (χ2n) is 6.06. The smallest absolute Gasteiger partial charge is 0.191 e. The van der Waals surface area contributed by atoms with Crippen molar-refractivity contribution in [3.63, 3.8) is 0 Å². The maximum absolute atomic E-state index is 5.39. The maximum Gasteiger partial charge on any atom is 0.191 e. The number of guanidine groups is 1. The first-order valence-electron chi connectivity index (χ1n) is 8.29. The van der Waals surface area contributed by atoms with Gasteiger partial charge in [0.2, 0.25) is 0 Å². The Hall–Kier alpha value is -0.630. The highest BCUT2D eigenvalue weighted by molar-refractivity contribution is 14.0. The number of hydrogen-bond donors (Lipinski definition) is 2. The number of aliphatic imine (C=N–C) groups is 1. The fraction of sp³-hybridized carbons (Fsp3) is 0.611. The molecule has 6 heteroatoms. The third kappa shape index (κ3) is 6.35. The van der Waals surface area contributed by atoms with Crippen LogP contribution in [0.3, 0.4) is 0 Å². The van der Waals surface area contributed by atoms with Crippen molar-refractivity contribution >= 4 is 41.7 Å². The van der Waals surface area contributed by atoms with Gasteiger partial charge in [-0.1, -0.05) is 12.1 Å². The predicted octanol–water partition coefficient (Wildman–Crippen LogP) is 3.61. The van der Waals surface area contributed by atoms with E-state index in [1.165, 1.54) is 30.4 Å². The van der Waals surface area contributed by atoms with E-state index in [9.17, 15) is 0 Å². The molecule has 0 amide bonds. The summed E-state index contributed by atoms with van der Waals surface area (Å²) in [6.45, 7) is 2.93. The number of ether oxygens (including phenoxy) is 1. The van der Waals surface area contributed by atoms with E-state index >= 15 is 0 Å². The molecule has 4 nitrogen and oxygen atoms in total.